The quantitative estimate of drug-likeness (QED) is 0.740. The predicted molar refractivity (Wildman–Crippen MR) is 53.8 cm³/mol. The van der Waals surface area contributed by atoms with E-state index in [4.69, 9.17) is 4.74 Å². The van der Waals surface area contributed by atoms with Crippen LogP contribution in [0.1, 0.15) is 24.8 Å². The van der Waals surface area contributed by atoms with E-state index in [1.165, 1.54) is 12.1 Å². The number of benzene rings is 1. The van der Waals surface area contributed by atoms with Gasteiger partial charge in [-0.3, -0.25) is 4.79 Å². The van der Waals surface area contributed by atoms with Crippen LogP contribution in [0, 0.1) is 17.6 Å². The fourth-order valence-electron chi connectivity index (χ4n) is 1.86. The van der Waals surface area contributed by atoms with Gasteiger partial charge in [-0.15, -0.1) is 0 Å². The molecule has 2 rings (SSSR count). The van der Waals surface area contributed by atoms with Gasteiger partial charge in [0.15, 0.2) is 0 Å². The van der Waals surface area contributed by atoms with Gasteiger partial charge in [0.2, 0.25) is 0 Å². The van der Waals surface area contributed by atoms with Crippen molar-refractivity contribution >= 4 is 5.97 Å². The maximum atomic E-state index is 12.9. The van der Waals surface area contributed by atoms with Crippen LogP contribution < -0.4 is 0 Å². The Kier molecular flexibility index (Phi) is 2.90. The normalized spacial score (nSPS) is 22.9. The molecule has 1 aromatic rings. The van der Waals surface area contributed by atoms with Crippen LogP contribution in [-0.4, -0.2) is 12.6 Å². The van der Waals surface area contributed by atoms with Gasteiger partial charge in [-0.1, -0.05) is 0 Å². The molecule has 0 spiro atoms. The summed E-state index contributed by atoms with van der Waals surface area (Å²) < 4.78 is 30.7. The fraction of sp³-hybridized carbons (Fsp3) is 0.417. The van der Waals surface area contributed by atoms with Crippen LogP contribution >= 0.6 is 0 Å². The molecule has 1 saturated carbocycles. The molecule has 1 aromatic carbocycles. The molecule has 4 heteroatoms. The van der Waals surface area contributed by atoms with Crippen molar-refractivity contribution in [2.75, 3.05) is 6.61 Å². The molecule has 2 unspecified atom stereocenters. The van der Waals surface area contributed by atoms with E-state index in [0.29, 0.717) is 18.6 Å². The maximum Gasteiger partial charge on any atom is 0.309 e. The highest BCUT2D eigenvalue weighted by molar-refractivity contribution is 5.77. The Hall–Kier alpha value is -1.45. The fourth-order valence-corrected chi connectivity index (χ4v) is 1.86. The van der Waals surface area contributed by atoms with E-state index in [1.807, 2.05) is 0 Å². The molecule has 1 aliphatic rings. The zero-order valence-electron chi connectivity index (χ0n) is 8.87. The molecule has 0 bridgehead atoms. The van der Waals surface area contributed by atoms with Crippen molar-refractivity contribution in [1.29, 1.82) is 0 Å². The van der Waals surface area contributed by atoms with Crippen molar-refractivity contribution in [3.05, 3.63) is 35.4 Å². The summed E-state index contributed by atoms with van der Waals surface area (Å²) in [6, 6.07) is 3.37. The summed E-state index contributed by atoms with van der Waals surface area (Å²) in [5.41, 5.74) is 0.538. The molecule has 0 N–H and O–H groups in total. The molecule has 2 atom stereocenters. The molecule has 1 fully saturated rings. The predicted octanol–water partition coefficient (Wildman–Crippen LogP) is 2.63. The summed E-state index contributed by atoms with van der Waals surface area (Å²) in [5, 5.41) is 0. The third-order valence-corrected chi connectivity index (χ3v) is 2.69. The van der Waals surface area contributed by atoms with E-state index in [1.54, 1.807) is 6.92 Å². The molecule has 0 amide bonds. The first kappa shape index (κ1) is 11.0. The van der Waals surface area contributed by atoms with E-state index >= 15 is 0 Å². The van der Waals surface area contributed by atoms with Crippen molar-refractivity contribution in [3.63, 3.8) is 0 Å². The van der Waals surface area contributed by atoms with Gasteiger partial charge in [0.25, 0.3) is 0 Å². The molecular formula is C12H12F2O2. The molecule has 16 heavy (non-hydrogen) atoms. The van der Waals surface area contributed by atoms with Crippen molar-refractivity contribution in [3.8, 4) is 0 Å². The van der Waals surface area contributed by atoms with Crippen molar-refractivity contribution in [1.82, 2.24) is 0 Å². The number of halogens is 2. The SMILES string of the molecule is CCOC(=O)C1CC1c1cc(F)cc(F)c1. The van der Waals surface area contributed by atoms with Crippen LogP contribution in [0.25, 0.3) is 0 Å². The summed E-state index contributed by atoms with van der Waals surface area (Å²) in [7, 11) is 0. The van der Waals surface area contributed by atoms with E-state index in [2.05, 4.69) is 0 Å². The van der Waals surface area contributed by atoms with Crippen molar-refractivity contribution in [2.24, 2.45) is 5.92 Å². The van der Waals surface area contributed by atoms with E-state index in [9.17, 15) is 13.6 Å². The Balaban J connectivity index is 2.08. The highest BCUT2D eigenvalue weighted by atomic mass is 19.1. The van der Waals surface area contributed by atoms with Gasteiger partial charge in [-0.05, 0) is 37.0 Å². The molecule has 2 nitrogen and oxygen atoms in total. The van der Waals surface area contributed by atoms with Gasteiger partial charge in [-0.25, -0.2) is 8.78 Å². The highest BCUT2D eigenvalue weighted by Gasteiger charge is 2.45. The Bertz CT molecular complexity index is 397. The zero-order valence-corrected chi connectivity index (χ0v) is 8.87. The minimum atomic E-state index is -0.607. The van der Waals surface area contributed by atoms with E-state index < -0.39 is 11.6 Å². The molecule has 0 aliphatic heterocycles. The van der Waals surface area contributed by atoms with Crippen LogP contribution in [0.3, 0.4) is 0 Å². The topological polar surface area (TPSA) is 26.3 Å². The lowest BCUT2D eigenvalue weighted by molar-refractivity contribution is -0.144. The Morgan fingerprint density at radius 1 is 1.38 bits per heavy atom. The van der Waals surface area contributed by atoms with E-state index in [-0.39, 0.29) is 17.8 Å². The second kappa shape index (κ2) is 4.20. The third kappa shape index (κ3) is 2.21. The standard InChI is InChI=1S/C12H12F2O2/c1-2-16-12(15)11-6-10(11)7-3-8(13)5-9(14)4-7/h3-5,10-11H,2,6H2,1H3. The first-order valence-corrected chi connectivity index (χ1v) is 5.24. The lowest BCUT2D eigenvalue weighted by Crippen LogP contribution is -2.07. The number of ether oxygens (including phenoxy) is 1. The lowest BCUT2D eigenvalue weighted by atomic mass is 10.1. The number of carbonyl (C=O) groups excluding carboxylic acids is 1. The summed E-state index contributed by atoms with van der Waals surface area (Å²) >= 11 is 0. The minimum absolute atomic E-state index is 0.0933. The Labute approximate surface area is 92.2 Å². The minimum Gasteiger partial charge on any atom is -0.466 e. The average Bonchev–Trinajstić information content (AvgIpc) is 2.95. The van der Waals surface area contributed by atoms with Crippen molar-refractivity contribution in [2.45, 2.75) is 19.3 Å². The number of hydrogen-bond acceptors (Lipinski definition) is 2. The molecule has 1 aliphatic carbocycles. The summed E-state index contributed by atoms with van der Waals surface area (Å²) in [4.78, 5) is 11.3. The van der Waals surface area contributed by atoms with Crippen LogP contribution in [0.2, 0.25) is 0 Å². The lowest BCUT2D eigenvalue weighted by Gasteiger charge is -2.02. The van der Waals surface area contributed by atoms with Gasteiger partial charge in [-0.2, -0.15) is 0 Å². The molecule has 0 radical (unpaired) electrons. The average molecular weight is 226 g/mol. The summed E-state index contributed by atoms with van der Waals surface area (Å²) in [5.74, 6) is -1.82. The van der Waals surface area contributed by atoms with Crippen LogP contribution in [-0.2, 0) is 9.53 Å². The van der Waals surface area contributed by atoms with Gasteiger partial charge >= 0.3 is 5.97 Å². The van der Waals surface area contributed by atoms with Crippen molar-refractivity contribution < 1.29 is 18.3 Å². The van der Waals surface area contributed by atoms with Crippen LogP contribution in [0.5, 0.6) is 0 Å². The van der Waals surface area contributed by atoms with E-state index in [0.717, 1.165) is 6.07 Å². The second-order valence-electron chi connectivity index (χ2n) is 3.90. The summed E-state index contributed by atoms with van der Waals surface area (Å²) in [6.07, 6.45) is 0.613. The second-order valence-corrected chi connectivity index (χ2v) is 3.90. The molecule has 0 saturated heterocycles. The van der Waals surface area contributed by atoms with Crippen LogP contribution in [0.15, 0.2) is 18.2 Å². The van der Waals surface area contributed by atoms with Gasteiger partial charge in [0.1, 0.15) is 11.6 Å². The highest BCUT2D eigenvalue weighted by Crippen LogP contribution is 2.48. The largest absolute Gasteiger partial charge is 0.466 e. The monoisotopic (exact) mass is 226 g/mol. The number of hydrogen-bond donors (Lipinski definition) is 0. The molecular weight excluding hydrogens is 214 g/mol. The number of esters is 1. The van der Waals surface area contributed by atoms with Gasteiger partial charge in [0.05, 0.1) is 12.5 Å². The molecule has 86 valence electrons. The molecule has 0 aromatic heterocycles. The first-order chi connectivity index (χ1) is 7.61. The van der Waals surface area contributed by atoms with Gasteiger partial charge in [0, 0.05) is 6.07 Å². The Morgan fingerprint density at radius 3 is 2.56 bits per heavy atom. The Morgan fingerprint density at radius 2 is 2.00 bits per heavy atom. The molecule has 0 heterocycles. The summed E-state index contributed by atoms with van der Waals surface area (Å²) in [6.45, 7) is 2.07. The zero-order chi connectivity index (χ0) is 11.7. The van der Waals surface area contributed by atoms with Crippen LogP contribution in [0.4, 0.5) is 8.78 Å². The number of rotatable bonds is 3. The smallest absolute Gasteiger partial charge is 0.309 e. The first-order valence-electron chi connectivity index (χ1n) is 5.24. The van der Waals surface area contributed by atoms with Gasteiger partial charge < -0.3 is 4.74 Å². The maximum absolute atomic E-state index is 12.9. The number of carbonyl (C=O) groups is 1. The third-order valence-electron chi connectivity index (χ3n) is 2.69.